The van der Waals surface area contributed by atoms with Gasteiger partial charge in [-0.1, -0.05) is 37.5 Å². The van der Waals surface area contributed by atoms with Crippen LogP contribution in [-0.2, 0) is 6.42 Å². The average Bonchev–Trinajstić information content (AvgIpc) is 2.41. The highest BCUT2D eigenvalue weighted by molar-refractivity contribution is 5.20. The van der Waals surface area contributed by atoms with E-state index in [0.717, 1.165) is 12.8 Å². The quantitative estimate of drug-likeness (QED) is 0.741. The molecular formula is C16H23FN2. The minimum Gasteiger partial charge on any atom is -0.329 e. The minimum atomic E-state index is -0.394. The van der Waals surface area contributed by atoms with Crippen LogP contribution in [0.25, 0.3) is 0 Å². The van der Waals surface area contributed by atoms with Crippen molar-refractivity contribution in [2.75, 3.05) is 6.54 Å². The molecule has 0 spiro atoms. The molecule has 1 rings (SSSR count). The lowest BCUT2D eigenvalue weighted by Crippen LogP contribution is -2.54. The lowest BCUT2D eigenvalue weighted by Gasteiger charge is -2.32. The van der Waals surface area contributed by atoms with Gasteiger partial charge in [-0.3, -0.25) is 5.32 Å². The van der Waals surface area contributed by atoms with Gasteiger partial charge in [0, 0.05) is 12.1 Å². The third kappa shape index (κ3) is 4.66. The van der Waals surface area contributed by atoms with Crippen molar-refractivity contribution in [2.45, 2.75) is 44.7 Å². The van der Waals surface area contributed by atoms with Crippen molar-refractivity contribution in [1.29, 1.82) is 0 Å². The first kappa shape index (κ1) is 15.7. The average molecular weight is 262 g/mol. The van der Waals surface area contributed by atoms with Crippen molar-refractivity contribution in [3.8, 4) is 12.3 Å². The first-order valence-electron chi connectivity index (χ1n) is 6.72. The maximum absolute atomic E-state index is 13.7. The van der Waals surface area contributed by atoms with E-state index in [4.69, 9.17) is 12.2 Å². The van der Waals surface area contributed by atoms with Crippen LogP contribution in [0.1, 0.15) is 32.3 Å². The van der Waals surface area contributed by atoms with Gasteiger partial charge in [-0.25, -0.2) is 4.39 Å². The maximum Gasteiger partial charge on any atom is 0.126 e. The zero-order valence-electron chi connectivity index (χ0n) is 11.7. The third-order valence-electron chi connectivity index (χ3n) is 3.29. The summed E-state index contributed by atoms with van der Waals surface area (Å²) >= 11 is 0. The standard InChI is InChI=1S/C16H23FN2/c1-4-8-14(5-2)19-16(3,12-18)11-13-9-6-7-10-15(13)17/h2,6-7,9-10,14,19H,4,8,11-12,18H2,1,3H3. The summed E-state index contributed by atoms with van der Waals surface area (Å²) in [6.45, 7) is 4.48. The third-order valence-corrected chi connectivity index (χ3v) is 3.29. The summed E-state index contributed by atoms with van der Waals surface area (Å²) in [5, 5.41) is 3.38. The molecule has 2 unspecified atom stereocenters. The first-order chi connectivity index (χ1) is 9.04. The molecule has 0 bridgehead atoms. The predicted octanol–water partition coefficient (Wildman–Crippen LogP) is 2.48. The van der Waals surface area contributed by atoms with E-state index < -0.39 is 5.54 Å². The number of halogens is 1. The van der Waals surface area contributed by atoms with E-state index in [2.05, 4.69) is 18.2 Å². The molecule has 0 fully saturated rings. The van der Waals surface area contributed by atoms with Gasteiger partial charge in [-0.05, 0) is 31.4 Å². The summed E-state index contributed by atoms with van der Waals surface area (Å²) in [6.07, 6.45) is 7.94. The Morgan fingerprint density at radius 3 is 2.68 bits per heavy atom. The van der Waals surface area contributed by atoms with Gasteiger partial charge in [0.2, 0.25) is 0 Å². The Morgan fingerprint density at radius 2 is 2.16 bits per heavy atom. The summed E-state index contributed by atoms with van der Waals surface area (Å²) in [7, 11) is 0. The molecule has 0 aromatic heterocycles. The monoisotopic (exact) mass is 262 g/mol. The number of nitrogens with two attached hydrogens (primary N) is 1. The number of rotatable bonds is 7. The van der Waals surface area contributed by atoms with Gasteiger partial charge in [0.25, 0.3) is 0 Å². The minimum absolute atomic E-state index is 0.0228. The van der Waals surface area contributed by atoms with Crippen LogP contribution in [0, 0.1) is 18.2 Å². The molecule has 0 radical (unpaired) electrons. The van der Waals surface area contributed by atoms with E-state index >= 15 is 0 Å². The van der Waals surface area contributed by atoms with Crippen LogP contribution in [0.4, 0.5) is 4.39 Å². The number of nitrogens with one attached hydrogen (secondary N) is 1. The normalized spacial score (nSPS) is 15.5. The Hall–Kier alpha value is -1.37. The molecule has 104 valence electrons. The molecule has 0 heterocycles. The fourth-order valence-corrected chi connectivity index (χ4v) is 2.15. The summed E-state index contributed by atoms with van der Waals surface area (Å²) in [6, 6.07) is 6.75. The first-order valence-corrected chi connectivity index (χ1v) is 6.72. The van der Waals surface area contributed by atoms with E-state index in [1.54, 1.807) is 12.1 Å². The number of terminal acetylenes is 1. The SMILES string of the molecule is C#CC(CCC)NC(C)(CN)Cc1ccccc1F. The predicted molar refractivity (Wildman–Crippen MR) is 78.2 cm³/mol. The van der Waals surface area contributed by atoms with E-state index in [0.29, 0.717) is 18.5 Å². The van der Waals surface area contributed by atoms with Crippen LogP contribution in [0.15, 0.2) is 24.3 Å². The van der Waals surface area contributed by atoms with Gasteiger partial charge in [-0.15, -0.1) is 6.42 Å². The highest BCUT2D eigenvalue weighted by Gasteiger charge is 2.26. The van der Waals surface area contributed by atoms with Crippen LogP contribution >= 0.6 is 0 Å². The fourth-order valence-electron chi connectivity index (χ4n) is 2.15. The van der Waals surface area contributed by atoms with Crippen LogP contribution in [0.2, 0.25) is 0 Å². The van der Waals surface area contributed by atoms with Gasteiger partial charge in [0.1, 0.15) is 5.82 Å². The van der Waals surface area contributed by atoms with E-state index in [1.165, 1.54) is 6.07 Å². The lowest BCUT2D eigenvalue weighted by atomic mass is 9.91. The highest BCUT2D eigenvalue weighted by Crippen LogP contribution is 2.16. The summed E-state index contributed by atoms with van der Waals surface area (Å²) in [5.74, 6) is 2.54. The second-order valence-electron chi connectivity index (χ2n) is 5.19. The lowest BCUT2D eigenvalue weighted by molar-refractivity contribution is 0.328. The molecule has 0 saturated carbocycles. The van der Waals surface area contributed by atoms with E-state index in [1.807, 2.05) is 13.0 Å². The van der Waals surface area contributed by atoms with Crippen LogP contribution in [0.3, 0.4) is 0 Å². The van der Waals surface area contributed by atoms with E-state index in [-0.39, 0.29) is 11.9 Å². The molecular weight excluding hydrogens is 239 g/mol. The molecule has 1 aromatic carbocycles. The van der Waals surface area contributed by atoms with Gasteiger partial charge >= 0.3 is 0 Å². The Balaban J connectivity index is 2.81. The summed E-state index contributed by atoms with van der Waals surface area (Å²) < 4.78 is 13.7. The molecule has 0 aliphatic carbocycles. The number of hydrogen-bond donors (Lipinski definition) is 2. The van der Waals surface area contributed by atoms with Crippen molar-refractivity contribution < 1.29 is 4.39 Å². The molecule has 19 heavy (non-hydrogen) atoms. The molecule has 0 saturated heterocycles. The molecule has 0 aliphatic heterocycles. The van der Waals surface area contributed by atoms with Crippen molar-refractivity contribution in [2.24, 2.45) is 5.73 Å². The zero-order valence-corrected chi connectivity index (χ0v) is 11.7. The van der Waals surface area contributed by atoms with Crippen molar-refractivity contribution in [3.05, 3.63) is 35.6 Å². The molecule has 1 aromatic rings. The largest absolute Gasteiger partial charge is 0.329 e. The second kappa shape index (κ2) is 7.28. The molecule has 0 amide bonds. The van der Waals surface area contributed by atoms with E-state index in [9.17, 15) is 4.39 Å². The molecule has 2 nitrogen and oxygen atoms in total. The Kier molecular flexibility index (Phi) is 6.01. The topological polar surface area (TPSA) is 38.0 Å². The van der Waals surface area contributed by atoms with Crippen LogP contribution in [-0.4, -0.2) is 18.1 Å². The molecule has 3 N–H and O–H groups in total. The molecule has 3 heteroatoms. The van der Waals surface area contributed by atoms with Crippen LogP contribution < -0.4 is 11.1 Å². The Labute approximate surface area is 115 Å². The maximum atomic E-state index is 13.7. The number of hydrogen-bond acceptors (Lipinski definition) is 2. The fraction of sp³-hybridized carbons (Fsp3) is 0.500. The highest BCUT2D eigenvalue weighted by atomic mass is 19.1. The zero-order chi connectivity index (χ0) is 14.3. The smallest absolute Gasteiger partial charge is 0.126 e. The molecule has 0 aliphatic rings. The Morgan fingerprint density at radius 1 is 1.47 bits per heavy atom. The van der Waals surface area contributed by atoms with Crippen LogP contribution in [0.5, 0.6) is 0 Å². The summed E-state index contributed by atoms with van der Waals surface area (Å²) in [4.78, 5) is 0. The van der Waals surface area contributed by atoms with Crippen molar-refractivity contribution >= 4 is 0 Å². The van der Waals surface area contributed by atoms with Gasteiger partial charge in [0.15, 0.2) is 0 Å². The second-order valence-corrected chi connectivity index (χ2v) is 5.19. The van der Waals surface area contributed by atoms with Gasteiger partial charge in [-0.2, -0.15) is 0 Å². The van der Waals surface area contributed by atoms with Crippen molar-refractivity contribution in [1.82, 2.24) is 5.32 Å². The van der Waals surface area contributed by atoms with Gasteiger partial charge < -0.3 is 5.73 Å². The van der Waals surface area contributed by atoms with Gasteiger partial charge in [0.05, 0.1) is 6.04 Å². The summed E-state index contributed by atoms with van der Waals surface area (Å²) in [5.41, 5.74) is 6.12. The number of benzene rings is 1. The Bertz CT molecular complexity index is 439. The van der Waals surface area contributed by atoms with Crippen molar-refractivity contribution in [3.63, 3.8) is 0 Å². The molecule has 2 atom stereocenters.